The third kappa shape index (κ3) is 5.10. The molecule has 0 heterocycles. The van der Waals surface area contributed by atoms with Gasteiger partial charge in [0.2, 0.25) is 23.1 Å². The number of hydrogen-bond acceptors (Lipinski definition) is 5. The standard InChI is InChI=1S/C21H28O5/c1-2-3-4-5-6-7-8-9-10-13-26-15-11-12-16-17(14-15)19(23)21(25)20(24)18(16)22/h11-12,14,24-25H,2-10,13H2,1H3. The van der Waals surface area contributed by atoms with E-state index >= 15 is 0 Å². The highest BCUT2D eigenvalue weighted by molar-refractivity contribution is 6.25. The first-order valence-electron chi connectivity index (χ1n) is 9.54. The molecule has 0 fully saturated rings. The third-order valence-electron chi connectivity index (χ3n) is 4.65. The van der Waals surface area contributed by atoms with Gasteiger partial charge in [0.05, 0.1) is 6.61 Å². The summed E-state index contributed by atoms with van der Waals surface area (Å²) >= 11 is 0. The lowest BCUT2D eigenvalue weighted by atomic mass is 9.92. The monoisotopic (exact) mass is 360 g/mol. The number of carbonyl (C=O) groups is 2. The number of aliphatic hydroxyl groups excluding tert-OH is 2. The van der Waals surface area contributed by atoms with E-state index in [0.717, 1.165) is 12.8 Å². The van der Waals surface area contributed by atoms with Gasteiger partial charge >= 0.3 is 0 Å². The second-order valence-electron chi connectivity index (χ2n) is 6.74. The summed E-state index contributed by atoms with van der Waals surface area (Å²) in [4.78, 5) is 23.9. The van der Waals surface area contributed by atoms with Gasteiger partial charge in [-0.3, -0.25) is 9.59 Å². The number of ether oxygens (including phenoxy) is 1. The fourth-order valence-corrected chi connectivity index (χ4v) is 3.07. The second-order valence-corrected chi connectivity index (χ2v) is 6.74. The van der Waals surface area contributed by atoms with Crippen LogP contribution in [0.5, 0.6) is 5.75 Å². The third-order valence-corrected chi connectivity index (χ3v) is 4.65. The molecule has 1 aromatic rings. The van der Waals surface area contributed by atoms with E-state index in [4.69, 9.17) is 4.74 Å². The Morgan fingerprint density at radius 1 is 0.769 bits per heavy atom. The van der Waals surface area contributed by atoms with Crippen LogP contribution >= 0.6 is 0 Å². The lowest BCUT2D eigenvalue weighted by Crippen LogP contribution is -2.21. The summed E-state index contributed by atoms with van der Waals surface area (Å²) in [6, 6.07) is 4.50. The number of allylic oxidation sites excluding steroid dienone is 2. The van der Waals surface area contributed by atoms with Gasteiger partial charge in [0.25, 0.3) is 0 Å². The number of rotatable bonds is 11. The maximum Gasteiger partial charge on any atom is 0.232 e. The fourth-order valence-electron chi connectivity index (χ4n) is 3.07. The molecule has 0 amide bonds. The molecular weight excluding hydrogens is 332 g/mol. The molecular formula is C21H28O5. The first-order chi connectivity index (χ1) is 12.6. The SMILES string of the molecule is CCCCCCCCCCCOc1ccc2c(c1)C(=O)C(O)=C(O)C2=O. The highest BCUT2D eigenvalue weighted by Gasteiger charge is 2.32. The first kappa shape index (κ1) is 20.0. The number of carbonyl (C=O) groups excluding carboxylic acids is 2. The molecule has 1 aliphatic carbocycles. The molecule has 0 saturated heterocycles. The Morgan fingerprint density at radius 2 is 1.31 bits per heavy atom. The molecule has 2 N–H and O–H groups in total. The van der Waals surface area contributed by atoms with Crippen LogP contribution in [-0.2, 0) is 0 Å². The molecule has 142 valence electrons. The van der Waals surface area contributed by atoms with Crippen LogP contribution in [0.4, 0.5) is 0 Å². The molecule has 5 heteroatoms. The zero-order valence-electron chi connectivity index (χ0n) is 15.4. The first-order valence-corrected chi connectivity index (χ1v) is 9.54. The van der Waals surface area contributed by atoms with E-state index in [1.54, 1.807) is 6.07 Å². The van der Waals surface area contributed by atoms with Gasteiger partial charge in [-0.15, -0.1) is 0 Å². The predicted octanol–water partition coefficient (Wildman–Crippen LogP) is 5.30. The molecule has 5 nitrogen and oxygen atoms in total. The van der Waals surface area contributed by atoms with Crippen molar-refractivity contribution < 1.29 is 24.5 Å². The minimum Gasteiger partial charge on any atom is -0.501 e. The van der Waals surface area contributed by atoms with E-state index in [-0.39, 0.29) is 11.1 Å². The van der Waals surface area contributed by atoms with Crippen LogP contribution in [0.1, 0.15) is 85.4 Å². The lowest BCUT2D eigenvalue weighted by Gasteiger charge is -2.15. The van der Waals surface area contributed by atoms with Crippen LogP contribution in [0.25, 0.3) is 0 Å². The number of hydrogen-bond donors (Lipinski definition) is 2. The number of Topliss-reactive ketones (excluding diaryl/α,β-unsaturated/α-hetero) is 2. The van der Waals surface area contributed by atoms with Crippen molar-refractivity contribution in [3.63, 3.8) is 0 Å². The van der Waals surface area contributed by atoms with E-state index < -0.39 is 23.1 Å². The normalized spacial score (nSPS) is 13.9. The summed E-state index contributed by atoms with van der Waals surface area (Å²) in [5.74, 6) is -2.82. The minimum absolute atomic E-state index is 0.0647. The van der Waals surface area contributed by atoms with Crippen molar-refractivity contribution in [2.75, 3.05) is 6.61 Å². The zero-order valence-corrected chi connectivity index (χ0v) is 15.4. The zero-order chi connectivity index (χ0) is 18.9. The summed E-state index contributed by atoms with van der Waals surface area (Å²) in [6.07, 6.45) is 11.1. The smallest absolute Gasteiger partial charge is 0.232 e. The van der Waals surface area contributed by atoms with Gasteiger partial charge < -0.3 is 14.9 Å². The van der Waals surface area contributed by atoms with Crippen LogP contribution in [0.3, 0.4) is 0 Å². The largest absolute Gasteiger partial charge is 0.501 e. The van der Waals surface area contributed by atoms with Gasteiger partial charge in [-0.05, 0) is 24.6 Å². The van der Waals surface area contributed by atoms with Crippen molar-refractivity contribution in [2.45, 2.75) is 64.7 Å². The minimum atomic E-state index is -0.904. The van der Waals surface area contributed by atoms with Crippen molar-refractivity contribution in [2.24, 2.45) is 0 Å². The highest BCUT2D eigenvalue weighted by atomic mass is 16.5. The fraction of sp³-hybridized carbons (Fsp3) is 0.524. The van der Waals surface area contributed by atoms with Crippen LogP contribution in [0.15, 0.2) is 29.7 Å². The second kappa shape index (κ2) is 10.00. The van der Waals surface area contributed by atoms with Crippen molar-refractivity contribution in [3.8, 4) is 5.75 Å². The molecule has 2 rings (SSSR count). The van der Waals surface area contributed by atoms with Gasteiger partial charge in [0.1, 0.15) is 5.75 Å². The molecule has 0 radical (unpaired) electrons. The lowest BCUT2D eigenvalue weighted by molar-refractivity contribution is 0.0880. The highest BCUT2D eigenvalue weighted by Crippen LogP contribution is 2.27. The molecule has 0 unspecified atom stereocenters. The van der Waals surface area contributed by atoms with E-state index in [1.807, 2.05) is 0 Å². The van der Waals surface area contributed by atoms with Crippen molar-refractivity contribution in [1.29, 1.82) is 0 Å². The Labute approximate surface area is 154 Å². The Morgan fingerprint density at radius 3 is 1.92 bits per heavy atom. The van der Waals surface area contributed by atoms with E-state index in [0.29, 0.717) is 12.4 Å². The number of ketones is 2. The Balaban J connectivity index is 1.72. The van der Waals surface area contributed by atoms with Crippen LogP contribution in [0.2, 0.25) is 0 Å². The number of aliphatic hydroxyl groups is 2. The maximum absolute atomic E-state index is 12.0. The summed E-state index contributed by atoms with van der Waals surface area (Å²) in [5, 5.41) is 19.0. The van der Waals surface area contributed by atoms with E-state index in [9.17, 15) is 19.8 Å². The van der Waals surface area contributed by atoms with E-state index in [1.165, 1.54) is 57.1 Å². The molecule has 26 heavy (non-hydrogen) atoms. The van der Waals surface area contributed by atoms with Crippen molar-refractivity contribution in [3.05, 3.63) is 40.8 Å². The Hall–Kier alpha value is -2.30. The molecule has 0 aliphatic heterocycles. The van der Waals surface area contributed by atoms with Crippen LogP contribution in [-0.4, -0.2) is 28.4 Å². The molecule has 1 aromatic carbocycles. The van der Waals surface area contributed by atoms with Gasteiger partial charge in [-0.2, -0.15) is 0 Å². The summed E-state index contributed by atoms with van der Waals surface area (Å²) in [7, 11) is 0. The van der Waals surface area contributed by atoms with Crippen LogP contribution in [0, 0.1) is 0 Å². The summed E-state index contributed by atoms with van der Waals surface area (Å²) < 4.78 is 5.65. The molecule has 0 bridgehead atoms. The molecule has 0 atom stereocenters. The Kier molecular flexibility index (Phi) is 7.70. The average Bonchev–Trinajstić information content (AvgIpc) is 2.66. The maximum atomic E-state index is 12.0. The summed E-state index contributed by atoms with van der Waals surface area (Å²) in [5.41, 5.74) is 0.149. The molecule has 0 aromatic heterocycles. The molecule has 1 aliphatic rings. The topological polar surface area (TPSA) is 83.8 Å². The van der Waals surface area contributed by atoms with Crippen molar-refractivity contribution >= 4 is 11.6 Å². The average molecular weight is 360 g/mol. The number of fused-ring (bicyclic) bond motifs is 1. The van der Waals surface area contributed by atoms with Gasteiger partial charge in [0.15, 0.2) is 0 Å². The van der Waals surface area contributed by atoms with Crippen LogP contribution < -0.4 is 4.74 Å². The van der Waals surface area contributed by atoms with E-state index in [2.05, 4.69) is 6.92 Å². The quantitative estimate of drug-likeness (QED) is 0.523. The van der Waals surface area contributed by atoms with Gasteiger partial charge in [-0.1, -0.05) is 58.3 Å². The summed E-state index contributed by atoms with van der Waals surface area (Å²) in [6.45, 7) is 2.77. The molecule has 0 saturated carbocycles. The van der Waals surface area contributed by atoms with Gasteiger partial charge in [-0.25, -0.2) is 0 Å². The van der Waals surface area contributed by atoms with Crippen molar-refractivity contribution in [1.82, 2.24) is 0 Å². The molecule has 0 spiro atoms. The number of benzene rings is 1. The Bertz CT molecular complexity index is 675. The number of unbranched alkanes of at least 4 members (excludes halogenated alkanes) is 8. The van der Waals surface area contributed by atoms with Gasteiger partial charge in [0, 0.05) is 11.1 Å². The predicted molar refractivity (Wildman–Crippen MR) is 100 cm³/mol.